The van der Waals surface area contributed by atoms with Gasteiger partial charge in [-0.2, -0.15) is 0 Å². The summed E-state index contributed by atoms with van der Waals surface area (Å²) in [5, 5.41) is 0.781. The van der Waals surface area contributed by atoms with Crippen molar-refractivity contribution in [2.45, 2.75) is 40.2 Å². The van der Waals surface area contributed by atoms with Crippen molar-refractivity contribution in [3.63, 3.8) is 0 Å². The van der Waals surface area contributed by atoms with Crippen LogP contribution in [0.25, 0.3) is 22.1 Å². The lowest BCUT2D eigenvalue weighted by atomic mass is 10.0. The highest BCUT2D eigenvalue weighted by Crippen LogP contribution is 2.30. The number of ether oxygens (including phenoxy) is 2. The fourth-order valence-electron chi connectivity index (χ4n) is 4.14. The monoisotopic (exact) mass is 492 g/mol. The average Bonchev–Trinajstić information content (AvgIpc) is 2.84. The van der Waals surface area contributed by atoms with Crippen molar-refractivity contribution in [1.82, 2.24) is 0 Å². The van der Waals surface area contributed by atoms with Crippen LogP contribution in [0.5, 0.6) is 5.75 Å². The van der Waals surface area contributed by atoms with Gasteiger partial charge in [0.05, 0.1) is 6.61 Å². The van der Waals surface area contributed by atoms with Crippen molar-refractivity contribution in [3.05, 3.63) is 98.9 Å². The molecule has 7 heteroatoms. The molecule has 0 aliphatic heterocycles. The topological polar surface area (TPSA) is 65.7 Å². The standard InChI is InChI=1S/C29H26F2O5/c1-4-34-27(32)14-12-23-17(2)22-11-13-26(18(3)28(22)36-29(23)33)35-16-19-5-7-20(8-6-19)24-10-9-21(30)15-25(24)31/h5-11,13,15H,4,12,14,16H2,1-3H3. The SMILES string of the molecule is CCOC(=O)CCc1c(C)c2ccc(OCc3ccc(-c4ccc(F)cc4F)cc3)c(C)c2oc1=O. The van der Waals surface area contributed by atoms with Gasteiger partial charge in [-0.1, -0.05) is 24.3 Å². The van der Waals surface area contributed by atoms with Crippen LogP contribution in [0.4, 0.5) is 8.78 Å². The molecular weight excluding hydrogens is 466 g/mol. The second-order valence-electron chi connectivity index (χ2n) is 8.47. The van der Waals surface area contributed by atoms with E-state index in [4.69, 9.17) is 13.9 Å². The summed E-state index contributed by atoms with van der Waals surface area (Å²) < 4.78 is 43.8. The fraction of sp³-hybridized carbons (Fsp3) is 0.241. The number of benzene rings is 3. The molecule has 0 aliphatic rings. The first kappa shape index (κ1) is 25.1. The van der Waals surface area contributed by atoms with Gasteiger partial charge < -0.3 is 13.9 Å². The maximum absolute atomic E-state index is 14.1. The number of hydrogen-bond donors (Lipinski definition) is 0. The quantitative estimate of drug-likeness (QED) is 0.209. The van der Waals surface area contributed by atoms with Gasteiger partial charge in [0.1, 0.15) is 29.6 Å². The molecule has 0 unspecified atom stereocenters. The van der Waals surface area contributed by atoms with Gasteiger partial charge in [0, 0.05) is 34.6 Å². The smallest absolute Gasteiger partial charge is 0.339 e. The van der Waals surface area contributed by atoms with E-state index in [0.717, 1.165) is 22.6 Å². The highest BCUT2D eigenvalue weighted by Gasteiger charge is 2.17. The first-order valence-electron chi connectivity index (χ1n) is 11.7. The predicted octanol–water partition coefficient (Wildman–Crippen LogP) is 6.43. The fourth-order valence-corrected chi connectivity index (χ4v) is 4.14. The lowest BCUT2D eigenvalue weighted by Gasteiger charge is -2.13. The Kier molecular flexibility index (Phi) is 7.48. The zero-order chi connectivity index (χ0) is 25.8. The minimum absolute atomic E-state index is 0.109. The lowest BCUT2D eigenvalue weighted by Crippen LogP contribution is -2.14. The van der Waals surface area contributed by atoms with Gasteiger partial charge in [-0.15, -0.1) is 0 Å². The number of fused-ring (bicyclic) bond motifs is 1. The Labute approximate surface area is 207 Å². The van der Waals surface area contributed by atoms with Crippen molar-refractivity contribution in [2.24, 2.45) is 0 Å². The lowest BCUT2D eigenvalue weighted by molar-refractivity contribution is -0.143. The van der Waals surface area contributed by atoms with Crippen LogP contribution in [-0.4, -0.2) is 12.6 Å². The molecule has 0 bridgehead atoms. The zero-order valence-electron chi connectivity index (χ0n) is 20.3. The molecule has 0 spiro atoms. The molecule has 4 rings (SSSR count). The van der Waals surface area contributed by atoms with Gasteiger partial charge >= 0.3 is 11.6 Å². The van der Waals surface area contributed by atoms with Gasteiger partial charge in [0.25, 0.3) is 0 Å². The van der Waals surface area contributed by atoms with Gasteiger partial charge in [-0.25, -0.2) is 13.6 Å². The zero-order valence-corrected chi connectivity index (χ0v) is 20.3. The Bertz CT molecular complexity index is 1470. The second kappa shape index (κ2) is 10.7. The molecule has 0 fully saturated rings. The molecule has 1 aromatic heterocycles. The minimum Gasteiger partial charge on any atom is -0.488 e. The largest absolute Gasteiger partial charge is 0.488 e. The number of aryl methyl sites for hydroxylation is 2. The highest BCUT2D eigenvalue weighted by molar-refractivity contribution is 5.85. The molecule has 1 heterocycles. The molecule has 0 N–H and O–H groups in total. The van der Waals surface area contributed by atoms with Crippen LogP contribution in [0.3, 0.4) is 0 Å². The van der Waals surface area contributed by atoms with Crippen molar-refractivity contribution in [2.75, 3.05) is 6.61 Å². The second-order valence-corrected chi connectivity index (χ2v) is 8.47. The first-order chi connectivity index (χ1) is 17.3. The molecule has 186 valence electrons. The van der Waals surface area contributed by atoms with E-state index in [1.807, 2.05) is 38.1 Å². The summed E-state index contributed by atoms with van der Waals surface area (Å²) >= 11 is 0. The van der Waals surface area contributed by atoms with E-state index in [0.29, 0.717) is 40.2 Å². The maximum Gasteiger partial charge on any atom is 0.339 e. The van der Waals surface area contributed by atoms with Crippen LogP contribution in [0.2, 0.25) is 0 Å². The molecule has 0 saturated heterocycles. The average molecular weight is 493 g/mol. The van der Waals surface area contributed by atoms with Crippen LogP contribution in [0.1, 0.15) is 35.6 Å². The van der Waals surface area contributed by atoms with Crippen molar-refractivity contribution < 1.29 is 27.5 Å². The minimum atomic E-state index is -0.619. The van der Waals surface area contributed by atoms with E-state index in [9.17, 15) is 18.4 Å². The number of rotatable bonds is 8. The highest BCUT2D eigenvalue weighted by atomic mass is 19.1. The Morgan fingerprint density at radius 2 is 1.72 bits per heavy atom. The molecule has 0 radical (unpaired) electrons. The number of carbonyl (C=O) groups excluding carboxylic acids is 1. The van der Waals surface area contributed by atoms with Gasteiger partial charge in [-0.05, 0) is 68.1 Å². The van der Waals surface area contributed by atoms with Crippen LogP contribution >= 0.6 is 0 Å². The van der Waals surface area contributed by atoms with Gasteiger partial charge in [-0.3, -0.25) is 4.79 Å². The molecule has 0 atom stereocenters. The number of esters is 1. The summed E-state index contributed by atoms with van der Waals surface area (Å²) in [5.74, 6) is -1.03. The summed E-state index contributed by atoms with van der Waals surface area (Å²) in [7, 11) is 0. The third-order valence-corrected chi connectivity index (χ3v) is 6.13. The Morgan fingerprint density at radius 1 is 0.972 bits per heavy atom. The maximum atomic E-state index is 14.1. The van der Waals surface area contributed by atoms with E-state index in [-0.39, 0.29) is 25.4 Å². The van der Waals surface area contributed by atoms with E-state index < -0.39 is 17.3 Å². The summed E-state index contributed by atoms with van der Waals surface area (Å²) in [6.45, 7) is 5.94. The van der Waals surface area contributed by atoms with E-state index in [2.05, 4.69) is 0 Å². The van der Waals surface area contributed by atoms with E-state index in [1.165, 1.54) is 12.1 Å². The number of halogens is 2. The molecule has 0 saturated carbocycles. The Balaban J connectivity index is 1.51. The van der Waals surface area contributed by atoms with Gasteiger partial charge in [0.2, 0.25) is 0 Å². The summed E-state index contributed by atoms with van der Waals surface area (Å²) in [5.41, 5.74) is 3.69. The summed E-state index contributed by atoms with van der Waals surface area (Å²) in [6, 6.07) is 14.3. The van der Waals surface area contributed by atoms with Crippen LogP contribution in [0, 0.1) is 25.5 Å². The van der Waals surface area contributed by atoms with Crippen LogP contribution in [0.15, 0.2) is 63.8 Å². The molecule has 5 nitrogen and oxygen atoms in total. The molecule has 36 heavy (non-hydrogen) atoms. The third kappa shape index (κ3) is 5.30. The first-order valence-corrected chi connectivity index (χ1v) is 11.7. The molecule has 4 aromatic rings. The van der Waals surface area contributed by atoms with Crippen molar-refractivity contribution in [3.8, 4) is 16.9 Å². The van der Waals surface area contributed by atoms with Crippen LogP contribution < -0.4 is 10.4 Å². The predicted molar refractivity (Wildman–Crippen MR) is 133 cm³/mol. The molecule has 0 aliphatic carbocycles. The number of carbonyl (C=O) groups is 1. The third-order valence-electron chi connectivity index (χ3n) is 6.13. The van der Waals surface area contributed by atoms with Crippen molar-refractivity contribution >= 4 is 16.9 Å². The summed E-state index contributed by atoms with van der Waals surface area (Å²) in [6.07, 6.45) is 0.357. The van der Waals surface area contributed by atoms with E-state index >= 15 is 0 Å². The van der Waals surface area contributed by atoms with Gasteiger partial charge in [0.15, 0.2) is 0 Å². The van der Waals surface area contributed by atoms with Crippen LogP contribution in [-0.2, 0) is 22.6 Å². The Morgan fingerprint density at radius 3 is 2.42 bits per heavy atom. The van der Waals surface area contributed by atoms with E-state index in [1.54, 1.807) is 19.1 Å². The number of hydrogen-bond acceptors (Lipinski definition) is 5. The molecular formula is C29H26F2O5. The molecule has 3 aromatic carbocycles. The summed E-state index contributed by atoms with van der Waals surface area (Å²) in [4.78, 5) is 24.4. The Hall–Kier alpha value is -4.00. The molecule has 0 amide bonds. The van der Waals surface area contributed by atoms with Crippen molar-refractivity contribution in [1.29, 1.82) is 0 Å². The normalized spacial score (nSPS) is 11.0.